The average molecular weight is 363 g/mol. The second kappa shape index (κ2) is 6.15. The van der Waals surface area contributed by atoms with Crippen LogP contribution in [0.15, 0.2) is 12.7 Å². The zero-order valence-electron chi connectivity index (χ0n) is 14.8. The lowest BCUT2D eigenvalue weighted by atomic mass is 9.95. The Bertz CT molecular complexity index is 838. The van der Waals surface area contributed by atoms with Crippen molar-refractivity contribution in [1.29, 1.82) is 0 Å². The Kier molecular flexibility index (Phi) is 4.05. The van der Waals surface area contributed by atoms with E-state index in [1.54, 1.807) is 31.7 Å². The Morgan fingerprint density at radius 1 is 1.35 bits per heavy atom. The number of nitrogen functional groups attached to an aromatic ring is 1. The molecule has 2 aliphatic heterocycles. The second-order valence-electron chi connectivity index (χ2n) is 6.73. The number of hydrogen-bond donors (Lipinski definition) is 1. The summed E-state index contributed by atoms with van der Waals surface area (Å²) in [6, 6.07) is 0. The summed E-state index contributed by atoms with van der Waals surface area (Å²) in [7, 11) is 0. The van der Waals surface area contributed by atoms with Gasteiger partial charge >= 0.3 is 5.97 Å². The van der Waals surface area contributed by atoms with Crippen molar-refractivity contribution in [1.82, 2.24) is 19.5 Å². The number of imidazole rings is 1. The zero-order valence-corrected chi connectivity index (χ0v) is 14.8. The van der Waals surface area contributed by atoms with Crippen LogP contribution >= 0.6 is 0 Å². The summed E-state index contributed by atoms with van der Waals surface area (Å²) in [6.07, 6.45) is 1.36. The number of aromatic nitrogens is 4. The van der Waals surface area contributed by atoms with Crippen LogP contribution in [0.1, 0.15) is 27.0 Å². The number of esters is 1. The Hall–Kier alpha value is -2.30. The number of anilines is 1. The topological polar surface area (TPSA) is 124 Å². The van der Waals surface area contributed by atoms with Gasteiger partial charge in [-0.1, -0.05) is 0 Å². The van der Waals surface area contributed by atoms with Gasteiger partial charge in [0.25, 0.3) is 0 Å². The van der Waals surface area contributed by atoms with Gasteiger partial charge in [0.1, 0.15) is 30.0 Å². The normalized spacial score (nSPS) is 30.3. The van der Waals surface area contributed by atoms with Crippen LogP contribution in [0.2, 0.25) is 0 Å². The molecule has 4 rings (SSSR count). The summed E-state index contributed by atoms with van der Waals surface area (Å²) >= 11 is 0. The number of ether oxygens (including phenoxy) is 4. The molecule has 4 heterocycles. The van der Waals surface area contributed by atoms with Crippen molar-refractivity contribution in [3.8, 4) is 0 Å². The van der Waals surface area contributed by atoms with Crippen LogP contribution in [0.4, 0.5) is 5.82 Å². The fraction of sp³-hybridized carbons (Fsp3) is 0.625. The SMILES string of the molecule is CCOC(=O)C1COC(n2cnc3c(N)ncnc32)C2OC(C)(C)OC12. The van der Waals surface area contributed by atoms with E-state index in [-0.39, 0.29) is 18.4 Å². The van der Waals surface area contributed by atoms with Gasteiger partial charge < -0.3 is 24.7 Å². The molecule has 2 saturated heterocycles. The lowest BCUT2D eigenvalue weighted by Gasteiger charge is -2.36. The number of fused-ring (bicyclic) bond motifs is 2. The molecule has 0 bridgehead atoms. The molecular weight excluding hydrogens is 342 g/mol. The van der Waals surface area contributed by atoms with Gasteiger partial charge in [0, 0.05) is 0 Å². The first-order valence-corrected chi connectivity index (χ1v) is 8.48. The van der Waals surface area contributed by atoms with E-state index in [2.05, 4.69) is 15.0 Å². The number of nitrogens with zero attached hydrogens (tertiary/aromatic N) is 4. The van der Waals surface area contributed by atoms with Crippen LogP contribution in [0.3, 0.4) is 0 Å². The van der Waals surface area contributed by atoms with Crippen molar-refractivity contribution in [2.45, 2.75) is 45.0 Å². The van der Waals surface area contributed by atoms with Gasteiger partial charge in [-0.25, -0.2) is 15.0 Å². The van der Waals surface area contributed by atoms with Gasteiger partial charge in [-0.2, -0.15) is 0 Å². The molecule has 10 heteroatoms. The minimum absolute atomic E-state index is 0.143. The van der Waals surface area contributed by atoms with Crippen LogP contribution in [-0.4, -0.2) is 56.7 Å². The van der Waals surface area contributed by atoms with Crippen molar-refractivity contribution >= 4 is 23.0 Å². The maximum Gasteiger partial charge on any atom is 0.314 e. The summed E-state index contributed by atoms with van der Waals surface area (Å²) in [4.78, 5) is 24.8. The summed E-state index contributed by atoms with van der Waals surface area (Å²) < 4.78 is 24.9. The molecule has 0 saturated carbocycles. The first-order chi connectivity index (χ1) is 12.4. The predicted molar refractivity (Wildman–Crippen MR) is 88.7 cm³/mol. The summed E-state index contributed by atoms with van der Waals surface area (Å²) in [5.41, 5.74) is 6.88. The van der Waals surface area contributed by atoms with E-state index in [0.717, 1.165) is 0 Å². The molecule has 2 aliphatic rings. The van der Waals surface area contributed by atoms with E-state index in [1.165, 1.54) is 6.33 Å². The maximum absolute atomic E-state index is 12.3. The van der Waals surface area contributed by atoms with Crippen LogP contribution in [0, 0.1) is 5.92 Å². The summed E-state index contributed by atoms with van der Waals surface area (Å²) in [6.45, 7) is 5.81. The Morgan fingerprint density at radius 2 is 2.12 bits per heavy atom. The van der Waals surface area contributed by atoms with Crippen molar-refractivity contribution in [2.75, 3.05) is 18.9 Å². The van der Waals surface area contributed by atoms with Gasteiger partial charge in [-0.05, 0) is 20.8 Å². The summed E-state index contributed by atoms with van der Waals surface area (Å²) in [5, 5.41) is 0. The minimum atomic E-state index is -0.851. The van der Waals surface area contributed by atoms with Crippen LogP contribution in [-0.2, 0) is 23.7 Å². The van der Waals surface area contributed by atoms with Gasteiger partial charge in [0.15, 0.2) is 23.5 Å². The third-order valence-corrected chi connectivity index (χ3v) is 4.54. The highest BCUT2D eigenvalue weighted by Crippen LogP contribution is 2.42. The van der Waals surface area contributed by atoms with E-state index >= 15 is 0 Å². The van der Waals surface area contributed by atoms with Crippen molar-refractivity contribution in [3.63, 3.8) is 0 Å². The molecule has 2 aromatic heterocycles. The van der Waals surface area contributed by atoms with E-state index in [1.807, 2.05) is 0 Å². The van der Waals surface area contributed by atoms with Crippen LogP contribution in [0.5, 0.6) is 0 Å². The van der Waals surface area contributed by atoms with Gasteiger partial charge in [0.05, 0.1) is 19.5 Å². The Morgan fingerprint density at radius 3 is 2.88 bits per heavy atom. The lowest BCUT2D eigenvalue weighted by Crippen LogP contribution is -2.49. The number of carbonyl (C=O) groups is 1. The molecule has 2 N–H and O–H groups in total. The fourth-order valence-corrected chi connectivity index (χ4v) is 3.49. The van der Waals surface area contributed by atoms with Crippen molar-refractivity contribution < 1.29 is 23.7 Å². The number of carbonyl (C=O) groups excluding carboxylic acids is 1. The quantitative estimate of drug-likeness (QED) is 0.782. The molecule has 0 spiro atoms. The summed E-state index contributed by atoms with van der Waals surface area (Å²) in [5.74, 6) is -1.48. The van der Waals surface area contributed by atoms with Gasteiger partial charge in [0.2, 0.25) is 0 Å². The molecule has 4 atom stereocenters. The highest BCUT2D eigenvalue weighted by Gasteiger charge is 2.55. The molecule has 0 aliphatic carbocycles. The smallest absolute Gasteiger partial charge is 0.314 e. The first-order valence-electron chi connectivity index (χ1n) is 8.48. The lowest BCUT2D eigenvalue weighted by molar-refractivity contribution is -0.179. The van der Waals surface area contributed by atoms with Gasteiger partial charge in [-0.3, -0.25) is 9.36 Å². The first kappa shape index (κ1) is 17.1. The molecule has 4 unspecified atom stereocenters. The minimum Gasteiger partial charge on any atom is -0.466 e. The molecule has 2 aromatic rings. The largest absolute Gasteiger partial charge is 0.466 e. The van der Waals surface area contributed by atoms with Crippen molar-refractivity contribution in [2.24, 2.45) is 5.92 Å². The Labute approximate surface area is 149 Å². The standard InChI is InChI=1S/C16H21N5O5/c1-4-23-15(22)8-5-24-14(11-10(8)25-16(2,3)26-11)21-7-20-9-12(17)18-6-19-13(9)21/h6-8,10-11,14H,4-5H2,1-3H3,(H2,17,18,19). The monoisotopic (exact) mass is 363 g/mol. The van der Waals surface area contributed by atoms with Crippen molar-refractivity contribution in [3.05, 3.63) is 12.7 Å². The molecule has 2 fully saturated rings. The van der Waals surface area contributed by atoms with Crippen LogP contribution < -0.4 is 5.73 Å². The van der Waals surface area contributed by atoms with E-state index in [4.69, 9.17) is 24.7 Å². The van der Waals surface area contributed by atoms with E-state index in [9.17, 15) is 4.79 Å². The zero-order chi connectivity index (χ0) is 18.5. The average Bonchev–Trinajstić information content (AvgIpc) is 3.14. The third kappa shape index (κ3) is 2.70. The number of rotatable bonds is 3. The molecule has 10 nitrogen and oxygen atoms in total. The van der Waals surface area contributed by atoms with E-state index < -0.39 is 30.1 Å². The highest BCUT2D eigenvalue weighted by molar-refractivity contribution is 5.81. The number of hydrogen-bond acceptors (Lipinski definition) is 9. The van der Waals surface area contributed by atoms with Gasteiger partial charge in [-0.15, -0.1) is 0 Å². The molecule has 140 valence electrons. The predicted octanol–water partition coefficient (Wildman–Crippen LogP) is 0.637. The molecule has 0 radical (unpaired) electrons. The number of nitrogens with two attached hydrogens (primary N) is 1. The highest BCUT2D eigenvalue weighted by atomic mass is 16.8. The Balaban J connectivity index is 1.70. The molecular formula is C16H21N5O5. The second-order valence-corrected chi connectivity index (χ2v) is 6.73. The third-order valence-electron chi connectivity index (χ3n) is 4.54. The molecule has 0 amide bonds. The van der Waals surface area contributed by atoms with Crippen LogP contribution in [0.25, 0.3) is 11.2 Å². The van der Waals surface area contributed by atoms with E-state index in [0.29, 0.717) is 17.8 Å². The maximum atomic E-state index is 12.3. The molecule has 26 heavy (non-hydrogen) atoms. The molecule has 0 aromatic carbocycles. The fourth-order valence-electron chi connectivity index (χ4n) is 3.49.